The maximum atomic E-state index is 10.9. The monoisotopic (exact) mass is 290 g/mol. The molecule has 86 valence electrons. The summed E-state index contributed by atoms with van der Waals surface area (Å²) in [5, 5.41) is 8.98. The number of hydrogen-bond acceptors (Lipinski definition) is 1. The standard InChI is InChI=1S/C14H11BrO2/c1-9-2-3-11(14(16)17)8-13(9)10-4-6-12(15)7-5-10/h2-8H,1H3,(H,16,17). The fourth-order valence-electron chi connectivity index (χ4n) is 1.70. The van der Waals surface area contributed by atoms with Crippen LogP contribution in [-0.4, -0.2) is 11.1 Å². The number of carboxylic acid groups (broad SMARTS) is 1. The van der Waals surface area contributed by atoms with Gasteiger partial charge in [0.15, 0.2) is 0 Å². The van der Waals surface area contributed by atoms with Crippen molar-refractivity contribution in [1.82, 2.24) is 0 Å². The van der Waals surface area contributed by atoms with Crippen LogP contribution >= 0.6 is 15.9 Å². The molecule has 0 saturated heterocycles. The molecule has 0 amide bonds. The number of aromatic carboxylic acids is 1. The topological polar surface area (TPSA) is 37.3 Å². The first-order valence-electron chi connectivity index (χ1n) is 5.18. The normalized spacial score (nSPS) is 10.2. The van der Waals surface area contributed by atoms with Crippen LogP contribution in [0.2, 0.25) is 0 Å². The van der Waals surface area contributed by atoms with Gasteiger partial charge in [0.25, 0.3) is 0 Å². The number of aryl methyl sites for hydroxylation is 1. The Morgan fingerprint density at radius 3 is 2.35 bits per heavy atom. The third kappa shape index (κ3) is 2.56. The summed E-state index contributed by atoms with van der Waals surface area (Å²) in [6.45, 7) is 1.98. The van der Waals surface area contributed by atoms with E-state index < -0.39 is 5.97 Å². The lowest BCUT2D eigenvalue weighted by Gasteiger charge is -2.07. The fraction of sp³-hybridized carbons (Fsp3) is 0.0714. The molecule has 0 bridgehead atoms. The van der Waals surface area contributed by atoms with Gasteiger partial charge in [-0.2, -0.15) is 0 Å². The molecule has 0 aliphatic rings. The molecule has 2 aromatic rings. The Bertz CT molecular complexity index is 559. The van der Waals surface area contributed by atoms with Gasteiger partial charge in [-0.25, -0.2) is 4.79 Å². The molecule has 0 unspecified atom stereocenters. The molecule has 3 heteroatoms. The van der Waals surface area contributed by atoms with Gasteiger partial charge in [-0.3, -0.25) is 0 Å². The third-order valence-corrected chi connectivity index (χ3v) is 3.17. The molecule has 0 atom stereocenters. The van der Waals surface area contributed by atoms with Crippen LogP contribution in [0, 0.1) is 6.92 Å². The molecule has 0 aliphatic carbocycles. The summed E-state index contributed by atoms with van der Waals surface area (Å²) in [6.07, 6.45) is 0. The maximum Gasteiger partial charge on any atom is 0.335 e. The molecule has 1 N–H and O–H groups in total. The van der Waals surface area contributed by atoms with Crippen molar-refractivity contribution in [2.45, 2.75) is 6.92 Å². The van der Waals surface area contributed by atoms with Crippen LogP contribution in [0.25, 0.3) is 11.1 Å². The van der Waals surface area contributed by atoms with E-state index in [-0.39, 0.29) is 0 Å². The number of rotatable bonds is 2. The van der Waals surface area contributed by atoms with E-state index in [2.05, 4.69) is 15.9 Å². The summed E-state index contributed by atoms with van der Waals surface area (Å²) in [5.41, 5.74) is 3.36. The van der Waals surface area contributed by atoms with Gasteiger partial charge in [-0.1, -0.05) is 34.1 Å². The number of carbonyl (C=O) groups is 1. The lowest BCUT2D eigenvalue weighted by atomic mass is 9.98. The van der Waals surface area contributed by atoms with Crippen molar-refractivity contribution in [2.75, 3.05) is 0 Å². The molecule has 0 aromatic heterocycles. The van der Waals surface area contributed by atoms with Crippen molar-refractivity contribution in [2.24, 2.45) is 0 Å². The van der Waals surface area contributed by atoms with Gasteiger partial charge in [-0.05, 0) is 47.9 Å². The number of hydrogen-bond donors (Lipinski definition) is 1. The lowest BCUT2D eigenvalue weighted by Crippen LogP contribution is -1.97. The number of halogens is 1. The van der Waals surface area contributed by atoms with Crippen LogP contribution in [0.3, 0.4) is 0 Å². The predicted octanol–water partition coefficient (Wildman–Crippen LogP) is 4.12. The molecule has 2 rings (SSSR count). The van der Waals surface area contributed by atoms with Crippen LogP contribution in [0.5, 0.6) is 0 Å². The van der Waals surface area contributed by atoms with Gasteiger partial charge in [0.1, 0.15) is 0 Å². The molecule has 2 nitrogen and oxygen atoms in total. The van der Waals surface area contributed by atoms with Gasteiger partial charge < -0.3 is 5.11 Å². The summed E-state index contributed by atoms with van der Waals surface area (Å²) >= 11 is 3.38. The second kappa shape index (κ2) is 4.72. The minimum absolute atomic E-state index is 0.313. The SMILES string of the molecule is Cc1ccc(C(=O)O)cc1-c1ccc(Br)cc1. The van der Waals surface area contributed by atoms with Gasteiger partial charge in [0, 0.05) is 4.47 Å². The summed E-state index contributed by atoms with van der Waals surface area (Å²) in [6, 6.07) is 13.0. The van der Waals surface area contributed by atoms with Crippen LogP contribution in [0.15, 0.2) is 46.9 Å². The highest BCUT2D eigenvalue weighted by Gasteiger charge is 2.07. The molecule has 0 saturated carbocycles. The average Bonchev–Trinajstić information content (AvgIpc) is 2.31. The van der Waals surface area contributed by atoms with Gasteiger partial charge in [0.2, 0.25) is 0 Å². The average molecular weight is 291 g/mol. The number of carboxylic acids is 1. The largest absolute Gasteiger partial charge is 0.478 e. The third-order valence-electron chi connectivity index (χ3n) is 2.64. The minimum Gasteiger partial charge on any atom is -0.478 e. The van der Waals surface area contributed by atoms with Crippen molar-refractivity contribution >= 4 is 21.9 Å². The van der Waals surface area contributed by atoms with Crippen molar-refractivity contribution in [1.29, 1.82) is 0 Å². The van der Waals surface area contributed by atoms with E-state index in [4.69, 9.17) is 5.11 Å². The smallest absolute Gasteiger partial charge is 0.335 e. The second-order valence-corrected chi connectivity index (χ2v) is 4.76. The van der Waals surface area contributed by atoms with Crippen LogP contribution < -0.4 is 0 Å². The highest BCUT2D eigenvalue weighted by atomic mass is 79.9. The summed E-state index contributed by atoms with van der Waals surface area (Å²) in [4.78, 5) is 10.9. The van der Waals surface area contributed by atoms with E-state index in [9.17, 15) is 4.79 Å². The van der Waals surface area contributed by atoms with E-state index in [0.29, 0.717) is 5.56 Å². The molecule has 0 spiro atoms. The first-order valence-corrected chi connectivity index (χ1v) is 5.97. The minimum atomic E-state index is -0.900. The zero-order valence-electron chi connectivity index (χ0n) is 9.27. The van der Waals surface area contributed by atoms with E-state index in [1.807, 2.05) is 37.3 Å². The molecule has 17 heavy (non-hydrogen) atoms. The van der Waals surface area contributed by atoms with Crippen molar-refractivity contribution in [3.05, 3.63) is 58.1 Å². The highest BCUT2D eigenvalue weighted by molar-refractivity contribution is 9.10. The van der Waals surface area contributed by atoms with E-state index in [0.717, 1.165) is 21.2 Å². The van der Waals surface area contributed by atoms with Crippen molar-refractivity contribution < 1.29 is 9.90 Å². The molecular weight excluding hydrogens is 280 g/mol. The Labute approximate surface area is 108 Å². The van der Waals surface area contributed by atoms with Crippen LogP contribution in [0.1, 0.15) is 15.9 Å². The first-order chi connectivity index (χ1) is 8.08. The lowest BCUT2D eigenvalue weighted by molar-refractivity contribution is 0.0697. The molecule has 0 radical (unpaired) electrons. The molecule has 0 aliphatic heterocycles. The Kier molecular flexibility index (Phi) is 3.29. The quantitative estimate of drug-likeness (QED) is 0.903. The van der Waals surface area contributed by atoms with Gasteiger partial charge in [0.05, 0.1) is 5.56 Å². The van der Waals surface area contributed by atoms with E-state index >= 15 is 0 Å². The number of benzene rings is 2. The van der Waals surface area contributed by atoms with Crippen LogP contribution in [-0.2, 0) is 0 Å². The fourth-order valence-corrected chi connectivity index (χ4v) is 1.96. The summed E-state index contributed by atoms with van der Waals surface area (Å²) in [5.74, 6) is -0.900. The van der Waals surface area contributed by atoms with Crippen molar-refractivity contribution in [3.63, 3.8) is 0 Å². The van der Waals surface area contributed by atoms with E-state index in [1.165, 1.54) is 0 Å². The molecule has 0 heterocycles. The zero-order chi connectivity index (χ0) is 12.4. The maximum absolute atomic E-state index is 10.9. The van der Waals surface area contributed by atoms with Crippen molar-refractivity contribution in [3.8, 4) is 11.1 Å². The summed E-state index contributed by atoms with van der Waals surface area (Å²) < 4.78 is 1.01. The Morgan fingerprint density at radius 2 is 1.76 bits per heavy atom. The molecule has 0 fully saturated rings. The second-order valence-electron chi connectivity index (χ2n) is 3.84. The molecule has 2 aromatic carbocycles. The van der Waals surface area contributed by atoms with Gasteiger partial charge in [-0.15, -0.1) is 0 Å². The molecular formula is C14H11BrO2. The highest BCUT2D eigenvalue weighted by Crippen LogP contribution is 2.26. The zero-order valence-corrected chi connectivity index (χ0v) is 10.9. The first kappa shape index (κ1) is 11.9. The van der Waals surface area contributed by atoms with E-state index in [1.54, 1.807) is 12.1 Å². The Morgan fingerprint density at radius 1 is 1.12 bits per heavy atom. The summed E-state index contributed by atoms with van der Waals surface area (Å²) in [7, 11) is 0. The Balaban J connectivity index is 2.54. The van der Waals surface area contributed by atoms with Gasteiger partial charge >= 0.3 is 5.97 Å². The predicted molar refractivity (Wildman–Crippen MR) is 71.3 cm³/mol. The van der Waals surface area contributed by atoms with Crippen LogP contribution in [0.4, 0.5) is 0 Å². The Hall–Kier alpha value is -1.61.